The van der Waals surface area contributed by atoms with Crippen LogP contribution in [0.1, 0.15) is 50.9 Å². The monoisotopic (exact) mass is 358 g/mol. The molecule has 6 heteroatoms. The zero-order valence-corrected chi connectivity index (χ0v) is 15.2. The highest BCUT2D eigenvalue weighted by Gasteiger charge is 2.28. The van der Waals surface area contributed by atoms with Gasteiger partial charge in [-0.25, -0.2) is 0 Å². The minimum Gasteiger partial charge on any atom is -0.496 e. The normalized spacial score (nSPS) is 16.2. The number of carbonyl (C=O) groups excluding carboxylic acids is 2. The quantitative estimate of drug-likeness (QED) is 0.856. The number of thiophene rings is 1. The first-order valence-electron chi connectivity index (χ1n) is 8.43. The van der Waals surface area contributed by atoms with Crippen molar-refractivity contribution < 1.29 is 14.3 Å². The maximum Gasteiger partial charge on any atom is 0.260 e. The molecule has 1 heterocycles. The molecule has 1 aliphatic rings. The van der Waals surface area contributed by atoms with Crippen LogP contribution in [-0.2, 0) is 12.8 Å². The molecule has 0 spiro atoms. The van der Waals surface area contributed by atoms with E-state index in [-0.39, 0.29) is 5.91 Å². The van der Waals surface area contributed by atoms with E-state index in [0.29, 0.717) is 27.8 Å². The molecule has 0 fully saturated rings. The van der Waals surface area contributed by atoms with Gasteiger partial charge in [-0.05, 0) is 42.9 Å². The fourth-order valence-electron chi connectivity index (χ4n) is 3.35. The summed E-state index contributed by atoms with van der Waals surface area (Å²) in [7, 11) is 1.52. The Morgan fingerprint density at radius 2 is 2.12 bits per heavy atom. The van der Waals surface area contributed by atoms with Gasteiger partial charge in [0.05, 0.1) is 18.2 Å². The van der Waals surface area contributed by atoms with E-state index in [4.69, 9.17) is 10.5 Å². The van der Waals surface area contributed by atoms with Gasteiger partial charge in [-0.3, -0.25) is 9.59 Å². The molecule has 1 aliphatic carbocycles. The van der Waals surface area contributed by atoms with E-state index in [9.17, 15) is 9.59 Å². The van der Waals surface area contributed by atoms with Gasteiger partial charge in [0.2, 0.25) is 0 Å². The smallest absolute Gasteiger partial charge is 0.260 e. The zero-order valence-electron chi connectivity index (χ0n) is 14.4. The number of rotatable bonds is 5. The summed E-state index contributed by atoms with van der Waals surface area (Å²) in [5.74, 6) is 0.339. The lowest BCUT2D eigenvalue weighted by Gasteiger charge is -2.20. The molecule has 3 rings (SSSR count). The van der Waals surface area contributed by atoms with Gasteiger partial charge >= 0.3 is 0 Å². The fourth-order valence-corrected chi connectivity index (χ4v) is 4.72. The highest BCUT2D eigenvalue weighted by molar-refractivity contribution is 7.17. The minimum atomic E-state index is -0.484. The lowest BCUT2D eigenvalue weighted by Crippen LogP contribution is -2.20. The van der Waals surface area contributed by atoms with E-state index in [0.717, 1.165) is 31.2 Å². The molecule has 0 aliphatic heterocycles. The van der Waals surface area contributed by atoms with E-state index in [2.05, 4.69) is 12.2 Å². The number of ether oxygens (including phenoxy) is 1. The second-order valence-electron chi connectivity index (χ2n) is 6.24. The molecule has 132 valence electrons. The summed E-state index contributed by atoms with van der Waals surface area (Å²) in [5.41, 5.74) is 7.52. The van der Waals surface area contributed by atoms with Crippen LogP contribution in [0.5, 0.6) is 5.75 Å². The van der Waals surface area contributed by atoms with Crippen molar-refractivity contribution in [1.29, 1.82) is 0 Å². The fraction of sp³-hybridized carbons (Fsp3) is 0.368. The lowest BCUT2D eigenvalue weighted by atomic mass is 9.85. The van der Waals surface area contributed by atoms with Gasteiger partial charge in [-0.15, -0.1) is 11.3 Å². The van der Waals surface area contributed by atoms with E-state index in [1.807, 2.05) is 0 Å². The summed E-state index contributed by atoms with van der Waals surface area (Å²) in [6, 6.07) is 7.00. The largest absolute Gasteiger partial charge is 0.496 e. The number of primary amides is 1. The summed E-state index contributed by atoms with van der Waals surface area (Å²) < 4.78 is 5.24. The van der Waals surface area contributed by atoms with Gasteiger partial charge in [-0.1, -0.05) is 25.5 Å². The molecular weight excluding hydrogens is 336 g/mol. The molecule has 25 heavy (non-hydrogen) atoms. The third kappa shape index (κ3) is 3.39. The second kappa shape index (κ2) is 7.27. The van der Waals surface area contributed by atoms with Crippen LogP contribution in [0.15, 0.2) is 24.3 Å². The summed E-state index contributed by atoms with van der Waals surface area (Å²) in [4.78, 5) is 25.8. The molecule has 3 N–H and O–H groups in total. The zero-order chi connectivity index (χ0) is 18.0. The predicted octanol–water partition coefficient (Wildman–Crippen LogP) is 3.62. The topological polar surface area (TPSA) is 81.4 Å². The van der Waals surface area contributed by atoms with Crippen molar-refractivity contribution in [3.05, 3.63) is 45.8 Å². The molecule has 1 aromatic carbocycles. The van der Waals surface area contributed by atoms with Crippen molar-refractivity contribution in [2.45, 2.75) is 32.6 Å². The third-order valence-electron chi connectivity index (χ3n) is 4.77. The summed E-state index contributed by atoms with van der Waals surface area (Å²) in [6.07, 6.45) is 3.96. The van der Waals surface area contributed by atoms with Gasteiger partial charge < -0.3 is 15.8 Å². The highest BCUT2D eigenvalue weighted by Crippen LogP contribution is 2.40. The van der Waals surface area contributed by atoms with Crippen LogP contribution >= 0.6 is 11.3 Å². The number of carbonyl (C=O) groups is 2. The number of para-hydroxylation sites is 1. The molecule has 1 atom stereocenters. The van der Waals surface area contributed by atoms with Crippen molar-refractivity contribution in [2.24, 2.45) is 11.7 Å². The number of nitrogens with one attached hydrogen (secondary N) is 1. The Morgan fingerprint density at radius 3 is 2.80 bits per heavy atom. The molecule has 0 saturated carbocycles. The highest BCUT2D eigenvalue weighted by atomic mass is 32.1. The number of hydrogen-bond acceptors (Lipinski definition) is 4. The van der Waals surface area contributed by atoms with Crippen molar-refractivity contribution >= 4 is 28.2 Å². The van der Waals surface area contributed by atoms with E-state index >= 15 is 0 Å². The van der Waals surface area contributed by atoms with E-state index < -0.39 is 5.91 Å². The van der Waals surface area contributed by atoms with Crippen LogP contribution in [0.3, 0.4) is 0 Å². The van der Waals surface area contributed by atoms with Crippen LogP contribution in [0.4, 0.5) is 5.00 Å². The first-order valence-corrected chi connectivity index (χ1v) is 9.25. The SMILES string of the molecule is CCC1CCc2c(sc(NC(=O)c3ccccc3OC)c2C(N)=O)C1. The Labute approximate surface area is 151 Å². The summed E-state index contributed by atoms with van der Waals surface area (Å²) in [6.45, 7) is 2.18. The number of anilines is 1. The first-order chi connectivity index (χ1) is 12.0. The number of hydrogen-bond donors (Lipinski definition) is 2. The Hall–Kier alpha value is -2.34. The second-order valence-corrected chi connectivity index (χ2v) is 7.35. The molecule has 5 nitrogen and oxygen atoms in total. The van der Waals surface area contributed by atoms with Gasteiger partial charge in [0.1, 0.15) is 10.8 Å². The molecule has 0 radical (unpaired) electrons. The molecule has 0 bridgehead atoms. The third-order valence-corrected chi connectivity index (χ3v) is 5.94. The summed E-state index contributed by atoms with van der Waals surface area (Å²) in [5, 5.41) is 3.42. The average molecular weight is 358 g/mol. The van der Waals surface area contributed by atoms with Gasteiger partial charge in [0, 0.05) is 4.88 Å². The first kappa shape index (κ1) is 17.5. The van der Waals surface area contributed by atoms with Crippen molar-refractivity contribution in [2.75, 3.05) is 12.4 Å². The van der Waals surface area contributed by atoms with Gasteiger partial charge in [0.25, 0.3) is 11.8 Å². The van der Waals surface area contributed by atoms with Crippen LogP contribution in [0, 0.1) is 5.92 Å². The Balaban J connectivity index is 1.93. The maximum absolute atomic E-state index is 12.7. The van der Waals surface area contributed by atoms with Crippen molar-refractivity contribution in [3.8, 4) is 5.75 Å². The van der Waals surface area contributed by atoms with Gasteiger partial charge in [-0.2, -0.15) is 0 Å². The molecular formula is C19H22N2O3S. The van der Waals surface area contributed by atoms with Crippen molar-refractivity contribution in [1.82, 2.24) is 0 Å². The van der Waals surface area contributed by atoms with E-state index in [1.54, 1.807) is 24.3 Å². The standard InChI is InChI=1S/C19H22N2O3S/c1-3-11-8-9-13-15(10-11)25-19(16(13)17(20)22)21-18(23)12-6-4-5-7-14(12)24-2/h4-7,11H,3,8-10H2,1-2H3,(H2,20,22)(H,21,23). The van der Waals surface area contributed by atoms with Crippen LogP contribution < -0.4 is 15.8 Å². The molecule has 2 aromatic rings. The number of amides is 2. The minimum absolute atomic E-state index is 0.300. The lowest BCUT2D eigenvalue weighted by molar-refractivity contribution is 0.1000. The predicted molar refractivity (Wildman–Crippen MR) is 99.6 cm³/mol. The molecule has 1 aromatic heterocycles. The van der Waals surface area contributed by atoms with Crippen LogP contribution in [-0.4, -0.2) is 18.9 Å². The van der Waals surface area contributed by atoms with Crippen LogP contribution in [0.25, 0.3) is 0 Å². The Bertz CT molecular complexity index is 813. The maximum atomic E-state index is 12.7. The number of nitrogens with two attached hydrogens (primary N) is 1. The van der Waals surface area contributed by atoms with Crippen molar-refractivity contribution in [3.63, 3.8) is 0 Å². The Morgan fingerprint density at radius 1 is 1.36 bits per heavy atom. The van der Waals surface area contributed by atoms with Gasteiger partial charge in [0.15, 0.2) is 0 Å². The molecule has 0 saturated heterocycles. The average Bonchev–Trinajstić information content (AvgIpc) is 2.98. The number of methoxy groups -OCH3 is 1. The van der Waals surface area contributed by atoms with Crippen LogP contribution in [0.2, 0.25) is 0 Å². The molecule has 1 unspecified atom stereocenters. The Kier molecular flexibility index (Phi) is 5.08. The number of fused-ring (bicyclic) bond motifs is 1. The van der Waals surface area contributed by atoms with E-state index in [1.165, 1.54) is 23.3 Å². The summed E-state index contributed by atoms with van der Waals surface area (Å²) >= 11 is 1.47. The molecule has 2 amide bonds. The number of benzene rings is 1.